The molecule has 0 fully saturated rings. The first-order valence-corrected chi connectivity index (χ1v) is 8.74. The molecule has 27 heavy (non-hydrogen) atoms. The molecule has 2 aromatic carbocycles. The van der Waals surface area contributed by atoms with E-state index in [9.17, 15) is 4.79 Å². The van der Waals surface area contributed by atoms with Crippen LogP contribution < -0.4 is 9.47 Å². The smallest absolute Gasteiger partial charge is 0.305 e. The second-order valence-electron chi connectivity index (χ2n) is 5.94. The highest BCUT2D eigenvalue weighted by atomic mass is 35.5. The Kier molecular flexibility index (Phi) is 4.73. The van der Waals surface area contributed by atoms with Gasteiger partial charge < -0.3 is 18.6 Å². The maximum absolute atomic E-state index is 11.6. The molecule has 1 aliphatic heterocycles. The average Bonchev–Trinajstić information content (AvgIpc) is 3.33. The molecule has 2 heterocycles. The largest absolute Gasteiger partial charge is 0.469 e. The summed E-state index contributed by atoms with van der Waals surface area (Å²) in [6.45, 7) is 0.199. The number of aromatic nitrogens is 1. The van der Waals surface area contributed by atoms with Crippen LogP contribution in [0.4, 0.5) is 0 Å². The lowest BCUT2D eigenvalue weighted by atomic mass is 10.1. The minimum Gasteiger partial charge on any atom is -0.469 e. The Morgan fingerprint density at radius 3 is 2.63 bits per heavy atom. The zero-order chi connectivity index (χ0) is 18.8. The van der Waals surface area contributed by atoms with Crippen molar-refractivity contribution in [3.8, 4) is 34.2 Å². The van der Waals surface area contributed by atoms with Crippen LogP contribution in [0.3, 0.4) is 0 Å². The Morgan fingerprint density at radius 2 is 1.85 bits per heavy atom. The lowest BCUT2D eigenvalue weighted by Gasteiger charge is -2.01. The van der Waals surface area contributed by atoms with Crippen LogP contribution in [-0.2, 0) is 16.0 Å². The molecule has 0 saturated carbocycles. The van der Waals surface area contributed by atoms with Gasteiger partial charge in [-0.2, -0.15) is 0 Å². The molecular weight excluding hydrogens is 370 g/mol. The Bertz CT molecular complexity index is 981. The Labute approximate surface area is 160 Å². The molecule has 7 heteroatoms. The summed E-state index contributed by atoms with van der Waals surface area (Å²) < 4.78 is 21.5. The van der Waals surface area contributed by atoms with Crippen LogP contribution in [0, 0.1) is 0 Å². The number of methoxy groups -OCH3 is 1. The second-order valence-corrected chi connectivity index (χ2v) is 6.38. The van der Waals surface area contributed by atoms with Gasteiger partial charge in [-0.1, -0.05) is 23.7 Å². The van der Waals surface area contributed by atoms with E-state index in [1.165, 1.54) is 7.11 Å². The van der Waals surface area contributed by atoms with E-state index in [1.807, 2.05) is 30.3 Å². The van der Waals surface area contributed by atoms with Gasteiger partial charge in [0.05, 0.1) is 13.5 Å². The number of carbonyl (C=O) groups excluding carboxylic acids is 1. The van der Waals surface area contributed by atoms with Gasteiger partial charge in [0.1, 0.15) is 11.5 Å². The second kappa shape index (κ2) is 7.32. The number of hydrogen-bond donors (Lipinski definition) is 0. The number of carbonyl (C=O) groups is 1. The van der Waals surface area contributed by atoms with Crippen molar-refractivity contribution >= 4 is 17.6 Å². The lowest BCUT2D eigenvalue weighted by molar-refractivity contribution is -0.140. The van der Waals surface area contributed by atoms with Crippen LogP contribution in [0.2, 0.25) is 5.02 Å². The van der Waals surface area contributed by atoms with Gasteiger partial charge in [-0.25, -0.2) is 4.98 Å². The molecule has 1 aliphatic rings. The van der Waals surface area contributed by atoms with Gasteiger partial charge in [-0.3, -0.25) is 4.79 Å². The molecule has 0 amide bonds. The van der Waals surface area contributed by atoms with Gasteiger partial charge in [0, 0.05) is 22.6 Å². The number of halogens is 1. The van der Waals surface area contributed by atoms with Crippen LogP contribution in [0.15, 0.2) is 46.9 Å². The first-order chi connectivity index (χ1) is 13.1. The van der Waals surface area contributed by atoms with Crippen molar-refractivity contribution in [1.29, 1.82) is 0 Å². The maximum Gasteiger partial charge on any atom is 0.305 e. The number of aryl methyl sites for hydroxylation is 1. The highest BCUT2D eigenvalue weighted by molar-refractivity contribution is 6.30. The molecule has 0 saturated heterocycles. The molecule has 0 bridgehead atoms. The van der Waals surface area contributed by atoms with Crippen molar-refractivity contribution in [3.05, 3.63) is 53.2 Å². The molecule has 3 aromatic rings. The average molecular weight is 386 g/mol. The van der Waals surface area contributed by atoms with Crippen molar-refractivity contribution in [1.82, 2.24) is 4.98 Å². The molecule has 4 rings (SSSR count). The Balaban J connectivity index is 1.72. The fraction of sp³-hybridized carbons (Fsp3) is 0.200. The van der Waals surface area contributed by atoms with Crippen molar-refractivity contribution < 1.29 is 23.4 Å². The molecule has 6 nitrogen and oxygen atoms in total. The number of ether oxygens (including phenoxy) is 3. The van der Waals surface area contributed by atoms with E-state index in [-0.39, 0.29) is 19.2 Å². The summed E-state index contributed by atoms with van der Waals surface area (Å²) in [7, 11) is 1.36. The zero-order valence-corrected chi connectivity index (χ0v) is 15.3. The van der Waals surface area contributed by atoms with Gasteiger partial charge in [0.15, 0.2) is 11.5 Å². The molecule has 138 valence electrons. The molecular formula is C20H16ClNO5. The van der Waals surface area contributed by atoms with Gasteiger partial charge in [-0.05, 0) is 30.3 Å². The molecule has 0 unspecified atom stereocenters. The summed E-state index contributed by atoms with van der Waals surface area (Å²) in [6.07, 6.45) is 0.578. The first kappa shape index (κ1) is 17.4. The van der Waals surface area contributed by atoms with E-state index < -0.39 is 0 Å². The molecule has 1 aromatic heterocycles. The molecule has 0 radical (unpaired) electrons. The topological polar surface area (TPSA) is 70.8 Å². The highest BCUT2D eigenvalue weighted by Gasteiger charge is 2.20. The SMILES string of the molecule is COC(=O)CCc1oc(-c2ccc3c(c2)OCO3)nc1-c1ccc(Cl)cc1. The minimum atomic E-state index is -0.307. The third-order valence-electron chi connectivity index (χ3n) is 4.22. The van der Waals surface area contributed by atoms with Crippen molar-refractivity contribution in [2.75, 3.05) is 13.9 Å². The highest BCUT2D eigenvalue weighted by Crippen LogP contribution is 2.37. The zero-order valence-electron chi connectivity index (χ0n) is 14.5. The van der Waals surface area contributed by atoms with E-state index in [2.05, 4.69) is 4.98 Å². The van der Waals surface area contributed by atoms with Crippen LogP contribution in [0.1, 0.15) is 12.2 Å². The number of rotatable bonds is 5. The van der Waals surface area contributed by atoms with Gasteiger partial charge in [0.25, 0.3) is 0 Å². The summed E-state index contributed by atoms with van der Waals surface area (Å²) in [5, 5.41) is 0.634. The van der Waals surface area contributed by atoms with E-state index in [0.717, 1.165) is 11.1 Å². The van der Waals surface area contributed by atoms with Crippen LogP contribution in [-0.4, -0.2) is 24.9 Å². The van der Waals surface area contributed by atoms with Crippen LogP contribution in [0.25, 0.3) is 22.7 Å². The third-order valence-corrected chi connectivity index (χ3v) is 4.47. The van der Waals surface area contributed by atoms with Crippen molar-refractivity contribution in [3.63, 3.8) is 0 Å². The molecule has 0 aliphatic carbocycles. The molecule has 0 N–H and O–H groups in total. The van der Waals surface area contributed by atoms with E-state index >= 15 is 0 Å². The van der Waals surface area contributed by atoms with E-state index in [0.29, 0.717) is 40.3 Å². The molecule has 0 spiro atoms. The monoisotopic (exact) mass is 385 g/mol. The number of oxazole rings is 1. The van der Waals surface area contributed by atoms with Crippen molar-refractivity contribution in [2.45, 2.75) is 12.8 Å². The normalized spacial score (nSPS) is 12.2. The Morgan fingerprint density at radius 1 is 1.11 bits per heavy atom. The summed E-state index contributed by atoms with van der Waals surface area (Å²) in [6, 6.07) is 12.8. The van der Waals surface area contributed by atoms with Crippen molar-refractivity contribution in [2.24, 2.45) is 0 Å². The standard InChI is InChI=1S/C20H16ClNO5/c1-24-18(23)9-8-16-19(12-2-5-14(21)6-3-12)22-20(27-16)13-4-7-15-17(10-13)26-11-25-15/h2-7,10H,8-9,11H2,1H3. The fourth-order valence-electron chi connectivity index (χ4n) is 2.83. The van der Waals surface area contributed by atoms with Gasteiger partial charge in [0.2, 0.25) is 12.7 Å². The number of fused-ring (bicyclic) bond motifs is 1. The van der Waals surface area contributed by atoms with Gasteiger partial charge >= 0.3 is 5.97 Å². The summed E-state index contributed by atoms with van der Waals surface area (Å²) in [5.74, 6) is 2.08. The minimum absolute atomic E-state index is 0.199. The summed E-state index contributed by atoms with van der Waals surface area (Å²) in [4.78, 5) is 16.2. The van der Waals surface area contributed by atoms with E-state index in [1.54, 1.807) is 12.1 Å². The first-order valence-electron chi connectivity index (χ1n) is 8.36. The van der Waals surface area contributed by atoms with Crippen LogP contribution >= 0.6 is 11.6 Å². The molecule has 0 atom stereocenters. The summed E-state index contributed by atoms with van der Waals surface area (Å²) >= 11 is 5.98. The number of esters is 1. The number of benzene rings is 2. The third kappa shape index (κ3) is 3.61. The predicted molar refractivity (Wildman–Crippen MR) is 98.8 cm³/mol. The number of nitrogens with zero attached hydrogens (tertiary/aromatic N) is 1. The summed E-state index contributed by atoms with van der Waals surface area (Å²) in [5.41, 5.74) is 2.29. The number of hydrogen-bond acceptors (Lipinski definition) is 6. The lowest BCUT2D eigenvalue weighted by Crippen LogP contribution is -2.02. The van der Waals surface area contributed by atoms with Crippen LogP contribution in [0.5, 0.6) is 11.5 Å². The van der Waals surface area contributed by atoms with E-state index in [4.69, 9.17) is 30.2 Å². The quantitative estimate of drug-likeness (QED) is 0.602. The van der Waals surface area contributed by atoms with Gasteiger partial charge in [-0.15, -0.1) is 0 Å². The fourth-order valence-corrected chi connectivity index (χ4v) is 2.95. The maximum atomic E-state index is 11.6. The Hall–Kier alpha value is -2.99. The predicted octanol–water partition coefficient (Wildman–Crippen LogP) is 4.50.